The summed E-state index contributed by atoms with van der Waals surface area (Å²) in [4.78, 5) is 31.5. The minimum Gasteiger partial charge on any atom is -0.297 e. The predicted octanol–water partition coefficient (Wildman–Crippen LogP) is 18.3. The Balaban J connectivity index is 0.985. The van der Waals surface area contributed by atoms with Crippen molar-refractivity contribution < 1.29 is 4.79 Å². The number of aryl methyl sites for hydroxylation is 9. The van der Waals surface area contributed by atoms with Gasteiger partial charge < -0.3 is 0 Å². The molecule has 0 aliphatic heterocycles. The standard InChI is InChI=1S/C71H56OS9/c1-10-54-28-29-63(73-54)27-19-46-37-55(11-2)74-64(46)30-20-47-38-56(12-3)75-65(47)31-21-48-39-57(13-4)76-66(48)32-22-49-40-58(14-5)77-67(49)33-23-50-41-59(15-6)78-68(50)34-24-51-42-60(16-7)79-69(51)35-25-52-43-61(17-8)80-70(52)36-26-53-44-62(18-9)81-71(53)45-72/h28-29,37-45H,10-18H2,1-9H3. The molecule has 0 spiro atoms. The first-order valence-electron chi connectivity index (χ1n) is 27.3. The van der Waals surface area contributed by atoms with Crippen LogP contribution in [0.5, 0.6) is 0 Å². The van der Waals surface area contributed by atoms with Crippen molar-refractivity contribution in [3.8, 4) is 94.7 Å². The van der Waals surface area contributed by atoms with Crippen molar-refractivity contribution in [3.63, 3.8) is 0 Å². The second-order valence-corrected chi connectivity index (χ2v) is 28.5. The van der Waals surface area contributed by atoms with Crippen LogP contribution in [0, 0.1) is 94.7 Å². The summed E-state index contributed by atoms with van der Waals surface area (Å²) in [6, 6.07) is 21.6. The van der Waals surface area contributed by atoms with Gasteiger partial charge in [0.15, 0.2) is 6.29 Å². The highest BCUT2D eigenvalue weighted by atomic mass is 32.1. The zero-order valence-corrected chi connectivity index (χ0v) is 54.1. The number of thiophene rings is 9. The summed E-state index contributed by atoms with van der Waals surface area (Å²) < 4.78 is 0. The molecule has 9 heterocycles. The largest absolute Gasteiger partial charge is 0.297 e. The molecule has 0 N–H and O–H groups in total. The van der Waals surface area contributed by atoms with Crippen LogP contribution in [0.2, 0.25) is 0 Å². The summed E-state index contributed by atoms with van der Waals surface area (Å²) in [5, 5.41) is 0. The normalized spacial score (nSPS) is 10.2. The Kier molecular flexibility index (Phi) is 20.7. The van der Waals surface area contributed by atoms with E-state index in [2.05, 4.69) is 212 Å². The summed E-state index contributed by atoms with van der Waals surface area (Å²) in [5.74, 6) is 55.9. The van der Waals surface area contributed by atoms with Gasteiger partial charge in [0, 0.05) is 49.5 Å². The Hall–Kier alpha value is -6.55. The molecule has 0 unspecified atom stereocenters. The molecular weight excluding hydrogens is 1160 g/mol. The fourth-order valence-electron chi connectivity index (χ4n) is 8.06. The van der Waals surface area contributed by atoms with Crippen molar-refractivity contribution in [1.29, 1.82) is 0 Å². The molecule has 0 saturated carbocycles. The summed E-state index contributed by atoms with van der Waals surface area (Å²) >= 11 is 15.2. The molecule has 0 amide bonds. The number of aldehydes is 1. The molecule has 9 aromatic rings. The minimum atomic E-state index is 0.677. The fraction of sp³-hybridized carbons (Fsp3) is 0.254. The Morgan fingerprint density at radius 2 is 0.481 bits per heavy atom. The molecule has 1 nitrogen and oxygen atoms in total. The molecule has 81 heavy (non-hydrogen) atoms. The van der Waals surface area contributed by atoms with Gasteiger partial charge in [-0.3, -0.25) is 4.79 Å². The van der Waals surface area contributed by atoms with Crippen molar-refractivity contribution >= 4 is 108 Å². The molecule has 0 atom stereocenters. The van der Waals surface area contributed by atoms with E-state index in [1.54, 1.807) is 90.7 Å². The summed E-state index contributed by atoms with van der Waals surface area (Å²) in [7, 11) is 0. The molecule has 10 heteroatoms. The first kappa shape index (κ1) is 59.1. The summed E-state index contributed by atoms with van der Waals surface area (Å²) in [6.07, 6.45) is 9.17. The number of carbonyl (C=O) groups is 1. The van der Waals surface area contributed by atoms with E-state index in [0.29, 0.717) is 4.88 Å². The number of carbonyl (C=O) groups excluding carboxylic acids is 1. The lowest BCUT2D eigenvalue weighted by Gasteiger charge is -1.89. The fourth-order valence-corrected chi connectivity index (χ4v) is 16.1. The van der Waals surface area contributed by atoms with E-state index < -0.39 is 0 Å². The third-order valence-electron chi connectivity index (χ3n) is 12.7. The van der Waals surface area contributed by atoms with Crippen LogP contribution in [0.25, 0.3) is 0 Å². The third kappa shape index (κ3) is 14.9. The maximum absolute atomic E-state index is 11.8. The van der Waals surface area contributed by atoms with Crippen LogP contribution in [-0.2, 0) is 57.8 Å². The van der Waals surface area contributed by atoms with E-state index in [9.17, 15) is 4.79 Å². The zero-order chi connectivity index (χ0) is 56.8. The van der Waals surface area contributed by atoms with Gasteiger partial charge in [0.05, 0.1) is 82.8 Å². The van der Waals surface area contributed by atoms with Gasteiger partial charge in [-0.15, -0.1) is 102 Å². The molecule has 0 fully saturated rings. The highest BCUT2D eigenvalue weighted by Gasteiger charge is 2.14. The van der Waals surface area contributed by atoms with Crippen LogP contribution < -0.4 is 0 Å². The van der Waals surface area contributed by atoms with Crippen LogP contribution >= 0.6 is 102 Å². The molecule has 400 valence electrons. The average Bonchev–Trinajstić information content (AvgIpc) is 4.46. The maximum Gasteiger partial charge on any atom is 0.161 e. The molecule has 0 aromatic carbocycles. The van der Waals surface area contributed by atoms with E-state index in [4.69, 9.17) is 0 Å². The predicted molar refractivity (Wildman–Crippen MR) is 357 cm³/mol. The molecule has 0 saturated heterocycles. The van der Waals surface area contributed by atoms with Crippen LogP contribution in [0.4, 0.5) is 0 Å². The summed E-state index contributed by atoms with van der Waals surface area (Å²) in [6.45, 7) is 19.5. The number of hydrogen-bond acceptors (Lipinski definition) is 10. The topological polar surface area (TPSA) is 17.1 Å². The lowest BCUT2D eigenvalue weighted by molar-refractivity contribution is 0.112. The highest BCUT2D eigenvalue weighted by molar-refractivity contribution is 7.15. The summed E-state index contributed by atoms with van der Waals surface area (Å²) in [5.41, 5.74) is 7.37. The smallest absolute Gasteiger partial charge is 0.161 e. The van der Waals surface area contributed by atoms with Gasteiger partial charge in [0.25, 0.3) is 0 Å². The van der Waals surface area contributed by atoms with Crippen LogP contribution in [0.15, 0.2) is 60.7 Å². The SMILES string of the molecule is CCc1ccc(C#Cc2cc(CC)sc2C#Cc2cc(CC)sc2C#Cc2cc(CC)sc2C#Cc2cc(CC)sc2C#Cc2cc(CC)sc2C#Cc2cc(CC)sc2C#Cc2cc(CC)sc2C#Cc2cc(CC)sc2C=O)s1. The van der Waals surface area contributed by atoms with E-state index >= 15 is 0 Å². The van der Waals surface area contributed by atoms with Crippen LogP contribution in [0.1, 0.15) is 199 Å². The molecule has 0 radical (unpaired) electrons. The molecular formula is C71H56OS9. The minimum absolute atomic E-state index is 0.677. The molecule has 9 aromatic heterocycles. The van der Waals surface area contributed by atoms with E-state index in [-0.39, 0.29) is 0 Å². The van der Waals surface area contributed by atoms with Gasteiger partial charge in [0.2, 0.25) is 0 Å². The van der Waals surface area contributed by atoms with E-state index in [1.807, 2.05) is 6.07 Å². The van der Waals surface area contributed by atoms with Gasteiger partial charge in [0.1, 0.15) is 0 Å². The van der Waals surface area contributed by atoms with Gasteiger partial charge >= 0.3 is 0 Å². The second kappa shape index (κ2) is 28.4. The Morgan fingerprint density at radius 1 is 0.259 bits per heavy atom. The van der Waals surface area contributed by atoms with E-state index in [0.717, 1.165) is 152 Å². The molecule has 0 bridgehead atoms. The second-order valence-electron chi connectivity index (χ2n) is 18.2. The van der Waals surface area contributed by atoms with Crippen LogP contribution in [-0.4, -0.2) is 6.29 Å². The van der Waals surface area contributed by atoms with Gasteiger partial charge in [-0.25, -0.2) is 0 Å². The maximum atomic E-state index is 11.8. The van der Waals surface area contributed by atoms with Crippen molar-refractivity contribution in [1.82, 2.24) is 0 Å². The average molecular weight is 1210 g/mol. The Bertz CT molecular complexity index is 4350. The van der Waals surface area contributed by atoms with Crippen LogP contribution in [0.3, 0.4) is 0 Å². The van der Waals surface area contributed by atoms with Crippen molar-refractivity contribution in [2.45, 2.75) is 120 Å². The highest BCUT2D eigenvalue weighted by Crippen LogP contribution is 2.31. The van der Waals surface area contributed by atoms with E-state index in [1.165, 1.54) is 50.4 Å². The lowest BCUT2D eigenvalue weighted by atomic mass is 10.1. The monoisotopic (exact) mass is 1210 g/mol. The number of hydrogen-bond donors (Lipinski definition) is 0. The number of rotatable bonds is 10. The molecule has 9 rings (SSSR count). The third-order valence-corrected chi connectivity index (χ3v) is 23.4. The quantitative estimate of drug-likeness (QED) is 0.0985. The van der Waals surface area contributed by atoms with Gasteiger partial charge in [-0.05, 0) is 160 Å². The van der Waals surface area contributed by atoms with Crippen molar-refractivity contribution in [2.24, 2.45) is 0 Å². The first-order valence-corrected chi connectivity index (χ1v) is 34.6. The molecule has 0 aliphatic carbocycles. The van der Waals surface area contributed by atoms with Crippen molar-refractivity contribution in [3.05, 3.63) is 193 Å². The Morgan fingerprint density at radius 3 is 0.716 bits per heavy atom. The van der Waals surface area contributed by atoms with Gasteiger partial charge in [-0.2, -0.15) is 0 Å². The zero-order valence-electron chi connectivity index (χ0n) is 46.8. The lowest BCUT2D eigenvalue weighted by Crippen LogP contribution is -1.80. The van der Waals surface area contributed by atoms with Gasteiger partial charge in [-0.1, -0.05) is 116 Å². The molecule has 0 aliphatic rings. The van der Waals surface area contributed by atoms with Crippen molar-refractivity contribution in [2.75, 3.05) is 0 Å². The first-order chi connectivity index (χ1) is 39.5. The Labute approximate surface area is 516 Å².